The fourth-order valence-corrected chi connectivity index (χ4v) is 4.01. The molecule has 7 heteroatoms. The SMILES string of the molecule is Nc1ccc(Cl)cc1NC(=O)CCCS(=O)c1cccs1. The highest BCUT2D eigenvalue weighted by atomic mass is 35.5. The third kappa shape index (κ3) is 4.84. The van der Waals surface area contributed by atoms with E-state index in [4.69, 9.17) is 17.3 Å². The van der Waals surface area contributed by atoms with E-state index in [1.54, 1.807) is 18.2 Å². The first-order chi connectivity index (χ1) is 10.1. The number of carbonyl (C=O) groups excluding carboxylic acids is 1. The van der Waals surface area contributed by atoms with Gasteiger partial charge in [-0.15, -0.1) is 11.3 Å². The standard InChI is InChI=1S/C14H15ClN2O2S2/c15-10-5-6-11(16)12(9-10)17-13(18)3-2-8-21(19)14-4-1-7-20-14/h1,4-7,9H,2-3,8,16H2,(H,17,18). The summed E-state index contributed by atoms with van der Waals surface area (Å²) < 4.78 is 12.7. The minimum atomic E-state index is -1.03. The van der Waals surface area contributed by atoms with Crippen molar-refractivity contribution < 1.29 is 9.00 Å². The Labute approximate surface area is 134 Å². The molecular weight excluding hydrogens is 328 g/mol. The Bertz CT molecular complexity index is 644. The molecule has 1 aromatic heterocycles. The average molecular weight is 343 g/mol. The zero-order chi connectivity index (χ0) is 15.2. The van der Waals surface area contributed by atoms with Gasteiger partial charge in [-0.3, -0.25) is 9.00 Å². The molecular formula is C14H15ClN2O2S2. The first-order valence-corrected chi connectivity index (χ1v) is 8.90. The highest BCUT2D eigenvalue weighted by molar-refractivity contribution is 7.87. The number of nitrogens with two attached hydrogens (primary N) is 1. The van der Waals surface area contributed by atoms with Gasteiger partial charge in [-0.05, 0) is 36.1 Å². The molecule has 4 nitrogen and oxygen atoms in total. The second-order valence-electron chi connectivity index (χ2n) is 4.37. The molecule has 1 amide bonds. The Balaban J connectivity index is 1.80. The largest absolute Gasteiger partial charge is 0.397 e. The summed E-state index contributed by atoms with van der Waals surface area (Å²) in [5, 5.41) is 5.12. The number of hydrogen-bond donors (Lipinski definition) is 2. The van der Waals surface area contributed by atoms with E-state index in [-0.39, 0.29) is 5.91 Å². The van der Waals surface area contributed by atoms with Gasteiger partial charge in [-0.1, -0.05) is 17.7 Å². The maximum atomic E-state index is 11.9. The molecule has 0 radical (unpaired) electrons. The second kappa shape index (κ2) is 7.59. The number of anilines is 2. The van der Waals surface area contributed by atoms with Crippen molar-refractivity contribution in [2.45, 2.75) is 17.1 Å². The van der Waals surface area contributed by atoms with E-state index in [9.17, 15) is 9.00 Å². The molecule has 0 aliphatic carbocycles. The van der Waals surface area contributed by atoms with Crippen molar-refractivity contribution in [1.29, 1.82) is 0 Å². The van der Waals surface area contributed by atoms with Crippen molar-refractivity contribution in [3.8, 4) is 0 Å². The van der Waals surface area contributed by atoms with Crippen LogP contribution in [-0.4, -0.2) is 15.9 Å². The van der Waals surface area contributed by atoms with Crippen LogP contribution in [0.3, 0.4) is 0 Å². The monoisotopic (exact) mass is 342 g/mol. The molecule has 1 atom stereocenters. The predicted molar refractivity (Wildman–Crippen MR) is 89.3 cm³/mol. The molecule has 1 unspecified atom stereocenters. The first kappa shape index (κ1) is 16.0. The summed E-state index contributed by atoms with van der Waals surface area (Å²) in [7, 11) is -1.03. The minimum Gasteiger partial charge on any atom is -0.397 e. The quantitative estimate of drug-likeness (QED) is 0.789. The Hall–Kier alpha value is -1.37. The van der Waals surface area contributed by atoms with Crippen LogP contribution < -0.4 is 11.1 Å². The Morgan fingerprint density at radius 1 is 1.38 bits per heavy atom. The van der Waals surface area contributed by atoms with Gasteiger partial charge in [0.15, 0.2) is 0 Å². The molecule has 0 saturated carbocycles. The van der Waals surface area contributed by atoms with Crippen molar-refractivity contribution in [2.24, 2.45) is 0 Å². The summed E-state index contributed by atoms with van der Waals surface area (Å²) in [6.45, 7) is 0. The second-order valence-corrected chi connectivity index (χ2v) is 7.55. The average Bonchev–Trinajstić information content (AvgIpc) is 2.97. The summed E-state index contributed by atoms with van der Waals surface area (Å²) in [6.07, 6.45) is 0.847. The summed E-state index contributed by atoms with van der Waals surface area (Å²) in [6, 6.07) is 8.62. The van der Waals surface area contributed by atoms with Crippen molar-refractivity contribution in [3.63, 3.8) is 0 Å². The zero-order valence-electron chi connectivity index (χ0n) is 11.2. The van der Waals surface area contributed by atoms with Crippen LogP contribution in [0.15, 0.2) is 39.9 Å². The van der Waals surface area contributed by atoms with Crippen LogP contribution in [0.25, 0.3) is 0 Å². The van der Waals surface area contributed by atoms with E-state index in [1.807, 2.05) is 17.5 Å². The van der Waals surface area contributed by atoms with E-state index in [2.05, 4.69) is 5.32 Å². The van der Waals surface area contributed by atoms with Gasteiger partial charge in [-0.25, -0.2) is 0 Å². The molecule has 2 aromatic rings. The molecule has 21 heavy (non-hydrogen) atoms. The Morgan fingerprint density at radius 3 is 2.90 bits per heavy atom. The summed E-state index contributed by atoms with van der Waals surface area (Å²) >= 11 is 7.32. The lowest BCUT2D eigenvalue weighted by Crippen LogP contribution is -2.13. The molecule has 1 heterocycles. The normalized spacial score (nSPS) is 12.0. The van der Waals surface area contributed by atoms with Gasteiger partial charge < -0.3 is 11.1 Å². The molecule has 0 aliphatic heterocycles. The van der Waals surface area contributed by atoms with E-state index in [0.717, 1.165) is 4.21 Å². The van der Waals surface area contributed by atoms with Gasteiger partial charge in [0, 0.05) is 17.2 Å². The smallest absolute Gasteiger partial charge is 0.224 e. The Kier molecular flexibility index (Phi) is 5.78. The number of benzene rings is 1. The van der Waals surface area contributed by atoms with Gasteiger partial charge in [-0.2, -0.15) is 0 Å². The van der Waals surface area contributed by atoms with Gasteiger partial charge in [0.05, 0.1) is 26.4 Å². The molecule has 112 valence electrons. The van der Waals surface area contributed by atoms with Gasteiger partial charge in [0.2, 0.25) is 5.91 Å². The van der Waals surface area contributed by atoms with Crippen LogP contribution in [-0.2, 0) is 15.6 Å². The fraction of sp³-hybridized carbons (Fsp3) is 0.214. The van der Waals surface area contributed by atoms with Crippen molar-refractivity contribution >= 4 is 51.0 Å². The van der Waals surface area contributed by atoms with Crippen molar-refractivity contribution in [1.82, 2.24) is 0 Å². The maximum absolute atomic E-state index is 11.9. The van der Waals surface area contributed by atoms with E-state index < -0.39 is 10.8 Å². The van der Waals surface area contributed by atoms with Crippen LogP contribution in [0.2, 0.25) is 5.02 Å². The number of nitrogen functional groups attached to an aromatic ring is 1. The number of rotatable bonds is 6. The van der Waals surface area contributed by atoms with Crippen molar-refractivity contribution in [2.75, 3.05) is 16.8 Å². The number of hydrogen-bond acceptors (Lipinski definition) is 4. The highest BCUT2D eigenvalue weighted by Crippen LogP contribution is 2.23. The maximum Gasteiger partial charge on any atom is 0.224 e. The summed E-state index contributed by atoms with van der Waals surface area (Å²) in [5.74, 6) is 0.311. The van der Waals surface area contributed by atoms with Crippen LogP contribution in [0.1, 0.15) is 12.8 Å². The molecule has 0 bridgehead atoms. The molecule has 1 aromatic carbocycles. The van der Waals surface area contributed by atoms with Gasteiger partial charge in [0.1, 0.15) is 0 Å². The number of carbonyl (C=O) groups is 1. The predicted octanol–water partition coefficient (Wildman–Crippen LogP) is 3.51. The lowest BCUT2D eigenvalue weighted by Gasteiger charge is -2.08. The van der Waals surface area contributed by atoms with Gasteiger partial charge in [0.25, 0.3) is 0 Å². The van der Waals surface area contributed by atoms with Crippen LogP contribution in [0.4, 0.5) is 11.4 Å². The lowest BCUT2D eigenvalue weighted by atomic mass is 10.2. The van der Waals surface area contributed by atoms with E-state index in [1.165, 1.54) is 11.3 Å². The summed E-state index contributed by atoms with van der Waals surface area (Å²) in [5.41, 5.74) is 6.73. The first-order valence-electron chi connectivity index (χ1n) is 6.33. The third-order valence-electron chi connectivity index (χ3n) is 2.74. The topological polar surface area (TPSA) is 72.2 Å². The van der Waals surface area contributed by atoms with Crippen LogP contribution in [0, 0.1) is 0 Å². The van der Waals surface area contributed by atoms with E-state index >= 15 is 0 Å². The molecule has 3 N–H and O–H groups in total. The number of thiophene rings is 1. The number of halogens is 1. The molecule has 0 spiro atoms. The number of nitrogens with one attached hydrogen (secondary N) is 1. The minimum absolute atomic E-state index is 0.160. The molecule has 0 aliphatic rings. The summed E-state index contributed by atoms with van der Waals surface area (Å²) in [4.78, 5) is 11.8. The zero-order valence-corrected chi connectivity index (χ0v) is 13.6. The highest BCUT2D eigenvalue weighted by Gasteiger charge is 2.09. The van der Waals surface area contributed by atoms with Crippen molar-refractivity contribution in [3.05, 3.63) is 40.7 Å². The van der Waals surface area contributed by atoms with Crippen LogP contribution >= 0.6 is 22.9 Å². The Morgan fingerprint density at radius 2 is 2.19 bits per heavy atom. The lowest BCUT2D eigenvalue weighted by molar-refractivity contribution is -0.116. The van der Waals surface area contributed by atoms with Crippen LogP contribution in [0.5, 0.6) is 0 Å². The third-order valence-corrected chi connectivity index (χ3v) is 5.73. The molecule has 2 rings (SSSR count). The number of amides is 1. The van der Waals surface area contributed by atoms with Gasteiger partial charge >= 0.3 is 0 Å². The molecule has 0 saturated heterocycles. The van der Waals surface area contributed by atoms with E-state index in [0.29, 0.717) is 35.0 Å². The fourth-order valence-electron chi connectivity index (χ4n) is 1.71. The molecule has 0 fully saturated rings.